The summed E-state index contributed by atoms with van der Waals surface area (Å²) in [6.45, 7) is 6.65. The lowest BCUT2D eigenvalue weighted by Crippen LogP contribution is -2.46. The summed E-state index contributed by atoms with van der Waals surface area (Å²) >= 11 is 0. The lowest BCUT2D eigenvalue weighted by Gasteiger charge is -2.32. The van der Waals surface area contributed by atoms with Gasteiger partial charge in [-0.3, -0.25) is 4.79 Å². The van der Waals surface area contributed by atoms with E-state index in [-0.39, 0.29) is 18.0 Å². The van der Waals surface area contributed by atoms with Crippen molar-refractivity contribution in [3.05, 3.63) is 29.3 Å². The molecule has 0 atom stereocenters. The zero-order chi connectivity index (χ0) is 18.4. The molecular formula is C19H30N4O2. The molecule has 1 fully saturated rings. The van der Waals surface area contributed by atoms with E-state index in [0.717, 1.165) is 43.7 Å². The Morgan fingerprint density at radius 1 is 1.20 bits per heavy atom. The van der Waals surface area contributed by atoms with Crippen LogP contribution in [0, 0.1) is 13.8 Å². The van der Waals surface area contributed by atoms with Gasteiger partial charge in [0.1, 0.15) is 0 Å². The smallest absolute Gasteiger partial charge is 0.319 e. The van der Waals surface area contributed by atoms with Gasteiger partial charge in [-0.25, -0.2) is 4.79 Å². The molecule has 0 bridgehead atoms. The van der Waals surface area contributed by atoms with Crippen molar-refractivity contribution in [1.29, 1.82) is 0 Å². The van der Waals surface area contributed by atoms with Gasteiger partial charge in [0.25, 0.3) is 0 Å². The van der Waals surface area contributed by atoms with Crippen molar-refractivity contribution in [3.63, 3.8) is 0 Å². The van der Waals surface area contributed by atoms with E-state index in [2.05, 4.69) is 21.6 Å². The van der Waals surface area contributed by atoms with E-state index in [0.29, 0.717) is 6.42 Å². The third kappa shape index (κ3) is 6.05. The van der Waals surface area contributed by atoms with Gasteiger partial charge in [-0.05, 0) is 38.3 Å². The molecule has 1 aromatic rings. The largest absolute Gasteiger partial charge is 0.349 e. The quantitative estimate of drug-likeness (QED) is 0.860. The number of hydrogen-bond donors (Lipinski definition) is 2. The summed E-state index contributed by atoms with van der Waals surface area (Å²) in [5.74, 6) is 0.160. The minimum absolute atomic E-state index is 0.145. The van der Waals surface area contributed by atoms with Crippen LogP contribution in [0.2, 0.25) is 0 Å². The first-order valence-corrected chi connectivity index (χ1v) is 8.92. The molecule has 0 saturated carbocycles. The second-order valence-corrected chi connectivity index (χ2v) is 7.07. The number of anilines is 1. The van der Waals surface area contributed by atoms with Crippen molar-refractivity contribution in [2.45, 2.75) is 39.2 Å². The molecule has 0 spiro atoms. The van der Waals surface area contributed by atoms with Crippen molar-refractivity contribution in [2.75, 3.05) is 39.0 Å². The fourth-order valence-corrected chi connectivity index (χ4v) is 3.08. The number of likely N-dealkylation sites (tertiary alicyclic amines) is 1. The van der Waals surface area contributed by atoms with E-state index >= 15 is 0 Å². The van der Waals surface area contributed by atoms with Crippen LogP contribution in [0.5, 0.6) is 0 Å². The number of nitrogens with zero attached hydrogens (tertiary/aromatic N) is 2. The zero-order valence-electron chi connectivity index (χ0n) is 15.8. The molecule has 1 heterocycles. The van der Waals surface area contributed by atoms with Gasteiger partial charge in [0.15, 0.2) is 0 Å². The van der Waals surface area contributed by atoms with Gasteiger partial charge >= 0.3 is 6.03 Å². The molecule has 0 aromatic heterocycles. The lowest BCUT2D eigenvalue weighted by atomic mass is 10.0. The fraction of sp³-hybridized carbons (Fsp3) is 0.579. The molecular weight excluding hydrogens is 316 g/mol. The number of urea groups is 1. The Kier molecular flexibility index (Phi) is 6.82. The maximum absolute atomic E-state index is 12.2. The molecule has 1 aromatic carbocycles. The molecule has 1 aliphatic rings. The highest BCUT2D eigenvalue weighted by atomic mass is 16.2. The normalized spacial score (nSPS) is 15.7. The summed E-state index contributed by atoms with van der Waals surface area (Å²) in [7, 11) is 3.57. The molecule has 2 N–H and O–H groups in total. The predicted molar refractivity (Wildman–Crippen MR) is 101 cm³/mol. The second-order valence-electron chi connectivity index (χ2n) is 7.07. The third-order valence-corrected chi connectivity index (χ3v) is 4.69. The summed E-state index contributed by atoms with van der Waals surface area (Å²) in [6, 6.07) is 6.04. The van der Waals surface area contributed by atoms with Gasteiger partial charge in [-0.2, -0.15) is 0 Å². The predicted octanol–water partition coefficient (Wildman–Crippen LogP) is 2.37. The molecule has 1 saturated heterocycles. The van der Waals surface area contributed by atoms with Crippen LogP contribution in [0.1, 0.15) is 30.4 Å². The molecule has 0 aliphatic carbocycles. The lowest BCUT2D eigenvalue weighted by molar-refractivity contribution is -0.129. The molecule has 6 nitrogen and oxygen atoms in total. The topological polar surface area (TPSA) is 64.7 Å². The Balaban J connectivity index is 1.72. The number of nitrogens with one attached hydrogen (secondary N) is 2. The van der Waals surface area contributed by atoms with E-state index in [1.807, 2.05) is 26.0 Å². The summed E-state index contributed by atoms with van der Waals surface area (Å²) in [6.07, 6.45) is 2.38. The summed E-state index contributed by atoms with van der Waals surface area (Å²) in [5, 5.41) is 6.00. The van der Waals surface area contributed by atoms with Crippen LogP contribution in [0.25, 0.3) is 0 Å². The first-order chi connectivity index (χ1) is 11.8. The minimum atomic E-state index is -0.145. The van der Waals surface area contributed by atoms with Crippen molar-refractivity contribution in [2.24, 2.45) is 0 Å². The van der Waals surface area contributed by atoms with Crippen molar-refractivity contribution >= 4 is 17.6 Å². The van der Waals surface area contributed by atoms with E-state index < -0.39 is 0 Å². The van der Waals surface area contributed by atoms with Gasteiger partial charge in [0, 0.05) is 51.9 Å². The van der Waals surface area contributed by atoms with Gasteiger partial charge in [0.2, 0.25) is 5.91 Å². The fourth-order valence-electron chi connectivity index (χ4n) is 3.08. The summed E-state index contributed by atoms with van der Waals surface area (Å²) < 4.78 is 0. The first-order valence-electron chi connectivity index (χ1n) is 8.92. The molecule has 3 amide bonds. The Labute approximate surface area is 150 Å². The molecule has 6 heteroatoms. The van der Waals surface area contributed by atoms with Crippen LogP contribution in [0.15, 0.2) is 18.2 Å². The number of amides is 3. The van der Waals surface area contributed by atoms with Gasteiger partial charge in [-0.1, -0.05) is 17.7 Å². The first kappa shape index (κ1) is 19.2. The number of carbonyl (C=O) groups is 2. The molecule has 1 aliphatic heterocycles. The number of benzene rings is 1. The van der Waals surface area contributed by atoms with Crippen LogP contribution >= 0.6 is 0 Å². The second kappa shape index (κ2) is 8.85. The van der Waals surface area contributed by atoms with E-state index in [1.54, 1.807) is 19.0 Å². The maximum Gasteiger partial charge on any atom is 0.319 e. The Hall–Kier alpha value is -2.08. The molecule has 138 valence electrons. The van der Waals surface area contributed by atoms with Gasteiger partial charge in [-0.15, -0.1) is 0 Å². The Morgan fingerprint density at radius 2 is 1.88 bits per heavy atom. The van der Waals surface area contributed by atoms with Gasteiger partial charge < -0.3 is 20.4 Å². The van der Waals surface area contributed by atoms with E-state index in [1.165, 1.54) is 5.56 Å². The summed E-state index contributed by atoms with van der Waals surface area (Å²) in [4.78, 5) is 27.8. The Bertz CT molecular complexity index is 607. The molecule has 0 radical (unpaired) electrons. The van der Waals surface area contributed by atoms with Crippen molar-refractivity contribution in [1.82, 2.24) is 15.1 Å². The number of piperidine rings is 1. The van der Waals surface area contributed by atoms with Crippen LogP contribution < -0.4 is 10.6 Å². The van der Waals surface area contributed by atoms with Crippen molar-refractivity contribution < 1.29 is 9.59 Å². The standard InChI is InChI=1S/C19H30N4O2/c1-14-5-6-17(15(2)13-14)21-19(25)20-16-7-10-23(11-8-16)12-9-18(24)22(3)4/h5-6,13,16H,7-12H2,1-4H3,(H2,20,21,25). The number of carbonyl (C=O) groups excluding carboxylic acids is 2. The van der Waals surface area contributed by atoms with Crippen LogP contribution in [-0.2, 0) is 4.79 Å². The van der Waals surface area contributed by atoms with Crippen LogP contribution in [-0.4, -0.2) is 61.5 Å². The highest BCUT2D eigenvalue weighted by Gasteiger charge is 2.21. The highest BCUT2D eigenvalue weighted by Crippen LogP contribution is 2.16. The number of aryl methyl sites for hydroxylation is 2. The highest BCUT2D eigenvalue weighted by molar-refractivity contribution is 5.90. The summed E-state index contributed by atoms with van der Waals surface area (Å²) in [5.41, 5.74) is 3.10. The van der Waals surface area contributed by atoms with Crippen LogP contribution in [0.4, 0.5) is 10.5 Å². The number of rotatable bonds is 5. The Morgan fingerprint density at radius 3 is 2.48 bits per heavy atom. The van der Waals surface area contributed by atoms with Crippen LogP contribution in [0.3, 0.4) is 0 Å². The average Bonchev–Trinajstić information content (AvgIpc) is 2.56. The maximum atomic E-state index is 12.2. The third-order valence-electron chi connectivity index (χ3n) is 4.69. The molecule has 0 unspecified atom stereocenters. The average molecular weight is 346 g/mol. The van der Waals surface area contributed by atoms with E-state index in [9.17, 15) is 9.59 Å². The van der Waals surface area contributed by atoms with Crippen molar-refractivity contribution in [3.8, 4) is 0 Å². The minimum Gasteiger partial charge on any atom is -0.349 e. The monoisotopic (exact) mass is 346 g/mol. The molecule has 25 heavy (non-hydrogen) atoms. The zero-order valence-corrected chi connectivity index (χ0v) is 15.8. The van der Waals surface area contributed by atoms with Gasteiger partial charge in [0.05, 0.1) is 0 Å². The molecule has 2 rings (SSSR count). The van der Waals surface area contributed by atoms with E-state index in [4.69, 9.17) is 0 Å². The number of hydrogen-bond acceptors (Lipinski definition) is 3. The SMILES string of the molecule is Cc1ccc(NC(=O)NC2CCN(CCC(=O)N(C)C)CC2)c(C)c1.